The van der Waals surface area contributed by atoms with E-state index in [1.54, 1.807) is 6.07 Å². The number of sulfone groups is 1. The number of anilines is 1. The molecular formula is C18H27N3O4S. The summed E-state index contributed by atoms with van der Waals surface area (Å²) in [5, 5.41) is 14.4. The molecule has 144 valence electrons. The first kappa shape index (κ1) is 19.1. The number of nitrogens with one attached hydrogen (secondary N) is 1. The van der Waals surface area contributed by atoms with E-state index in [4.69, 9.17) is 0 Å². The van der Waals surface area contributed by atoms with Crippen LogP contribution in [0.15, 0.2) is 23.1 Å². The van der Waals surface area contributed by atoms with Crippen molar-refractivity contribution in [1.29, 1.82) is 0 Å². The van der Waals surface area contributed by atoms with E-state index in [0.717, 1.165) is 38.1 Å². The zero-order chi connectivity index (χ0) is 18.7. The molecule has 3 rings (SSSR count). The van der Waals surface area contributed by atoms with Crippen LogP contribution in [0.25, 0.3) is 0 Å². The molecule has 2 fully saturated rings. The van der Waals surface area contributed by atoms with Gasteiger partial charge in [0.05, 0.1) is 4.92 Å². The van der Waals surface area contributed by atoms with Crippen molar-refractivity contribution < 1.29 is 13.3 Å². The Labute approximate surface area is 154 Å². The fraction of sp³-hybridized carbons (Fsp3) is 0.667. The normalized spacial score (nSPS) is 20.3. The number of benzene rings is 1. The second-order valence-corrected chi connectivity index (χ2v) is 9.57. The summed E-state index contributed by atoms with van der Waals surface area (Å²) in [6.45, 7) is 3.28. The average Bonchev–Trinajstić information content (AvgIpc) is 3.08. The molecule has 2 aliphatic rings. The number of rotatable bonds is 6. The highest BCUT2D eigenvalue weighted by Gasteiger charge is 2.25. The molecule has 0 aromatic heterocycles. The SMILES string of the molecule is CS(=O)(=O)c1cc(NC2CCN(CC3CCCC3)CC2)ccc1[N+](=O)[O-]. The molecule has 7 nitrogen and oxygen atoms in total. The first-order valence-electron chi connectivity index (χ1n) is 9.30. The van der Waals surface area contributed by atoms with E-state index in [1.165, 1.54) is 44.4 Å². The van der Waals surface area contributed by atoms with Gasteiger partial charge in [-0.15, -0.1) is 0 Å². The molecule has 1 aliphatic heterocycles. The molecular weight excluding hydrogens is 354 g/mol. The lowest BCUT2D eigenvalue weighted by atomic mass is 10.0. The molecule has 0 spiro atoms. The first-order chi connectivity index (χ1) is 12.3. The molecule has 0 radical (unpaired) electrons. The summed E-state index contributed by atoms with van der Waals surface area (Å²) in [7, 11) is -3.65. The predicted molar refractivity (Wildman–Crippen MR) is 101 cm³/mol. The van der Waals surface area contributed by atoms with Crippen molar-refractivity contribution >= 4 is 21.2 Å². The summed E-state index contributed by atoms with van der Waals surface area (Å²) in [6, 6.07) is 4.52. The number of nitrogens with zero attached hydrogens (tertiary/aromatic N) is 2. The van der Waals surface area contributed by atoms with Crippen LogP contribution >= 0.6 is 0 Å². The molecule has 1 aromatic rings. The third-order valence-electron chi connectivity index (χ3n) is 5.51. The van der Waals surface area contributed by atoms with Gasteiger partial charge in [0.1, 0.15) is 4.90 Å². The number of nitro groups is 1. The first-order valence-corrected chi connectivity index (χ1v) is 11.2. The van der Waals surface area contributed by atoms with E-state index in [-0.39, 0.29) is 16.6 Å². The molecule has 0 unspecified atom stereocenters. The molecule has 1 saturated carbocycles. The van der Waals surface area contributed by atoms with Gasteiger partial charge in [-0.05, 0) is 43.7 Å². The molecule has 1 heterocycles. The van der Waals surface area contributed by atoms with Gasteiger partial charge in [-0.25, -0.2) is 8.42 Å². The Morgan fingerprint density at radius 1 is 1.19 bits per heavy atom. The summed E-state index contributed by atoms with van der Waals surface area (Å²) >= 11 is 0. The van der Waals surface area contributed by atoms with Crippen LogP contribution in [0.3, 0.4) is 0 Å². The van der Waals surface area contributed by atoms with E-state index >= 15 is 0 Å². The number of nitro benzene ring substituents is 1. The topological polar surface area (TPSA) is 92.6 Å². The van der Waals surface area contributed by atoms with Gasteiger partial charge in [-0.1, -0.05) is 12.8 Å². The minimum Gasteiger partial charge on any atom is -0.382 e. The van der Waals surface area contributed by atoms with Crippen molar-refractivity contribution in [3.05, 3.63) is 28.3 Å². The van der Waals surface area contributed by atoms with Crippen LogP contribution in [0.5, 0.6) is 0 Å². The fourth-order valence-electron chi connectivity index (χ4n) is 4.11. The lowest BCUT2D eigenvalue weighted by molar-refractivity contribution is -0.387. The summed E-state index contributed by atoms with van der Waals surface area (Å²) < 4.78 is 23.7. The van der Waals surface area contributed by atoms with E-state index in [1.807, 2.05) is 0 Å². The Morgan fingerprint density at radius 2 is 1.85 bits per heavy atom. The van der Waals surface area contributed by atoms with Gasteiger partial charge in [0.25, 0.3) is 5.69 Å². The van der Waals surface area contributed by atoms with Crippen molar-refractivity contribution in [1.82, 2.24) is 4.90 Å². The van der Waals surface area contributed by atoms with Crippen LogP contribution in [0.1, 0.15) is 38.5 Å². The van der Waals surface area contributed by atoms with E-state index in [9.17, 15) is 18.5 Å². The van der Waals surface area contributed by atoms with Crippen molar-refractivity contribution in [2.24, 2.45) is 5.92 Å². The number of likely N-dealkylation sites (tertiary alicyclic amines) is 1. The second-order valence-electron chi connectivity index (χ2n) is 7.58. The van der Waals surface area contributed by atoms with Gasteiger partial charge in [0.2, 0.25) is 0 Å². The van der Waals surface area contributed by atoms with Crippen LogP contribution < -0.4 is 5.32 Å². The minimum absolute atomic E-state index is 0.230. The molecule has 0 bridgehead atoms. The second kappa shape index (κ2) is 7.92. The minimum atomic E-state index is -3.65. The summed E-state index contributed by atoms with van der Waals surface area (Å²) in [5.41, 5.74) is 0.259. The highest BCUT2D eigenvalue weighted by atomic mass is 32.2. The van der Waals surface area contributed by atoms with E-state index in [0.29, 0.717) is 5.69 Å². The van der Waals surface area contributed by atoms with Crippen molar-refractivity contribution in [3.63, 3.8) is 0 Å². The molecule has 1 N–H and O–H groups in total. The van der Waals surface area contributed by atoms with E-state index in [2.05, 4.69) is 10.2 Å². The highest BCUT2D eigenvalue weighted by molar-refractivity contribution is 7.90. The Balaban J connectivity index is 1.60. The molecule has 26 heavy (non-hydrogen) atoms. The van der Waals surface area contributed by atoms with E-state index < -0.39 is 14.8 Å². The Hall–Kier alpha value is -1.67. The van der Waals surface area contributed by atoms with Crippen LogP contribution in [-0.2, 0) is 9.84 Å². The van der Waals surface area contributed by atoms with Crippen molar-refractivity contribution in [3.8, 4) is 0 Å². The summed E-state index contributed by atoms with van der Waals surface area (Å²) in [4.78, 5) is 12.7. The molecule has 0 amide bonds. The smallest absolute Gasteiger partial charge is 0.288 e. The van der Waals surface area contributed by atoms with Crippen LogP contribution in [0.4, 0.5) is 11.4 Å². The monoisotopic (exact) mass is 381 g/mol. The lowest BCUT2D eigenvalue weighted by Crippen LogP contribution is -2.41. The van der Waals surface area contributed by atoms with Crippen molar-refractivity contribution in [2.75, 3.05) is 31.2 Å². The predicted octanol–water partition coefficient (Wildman–Crippen LogP) is 3.06. The Kier molecular flexibility index (Phi) is 5.82. The quantitative estimate of drug-likeness (QED) is 0.601. The zero-order valence-electron chi connectivity index (χ0n) is 15.2. The number of piperidine rings is 1. The molecule has 1 aromatic carbocycles. The number of hydrogen-bond donors (Lipinski definition) is 1. The molecule has 1 aliphatic carbocycles. The Bertz CT molecular complexity index is 752. The molecule has 0 atom stereocenters. The van der Waals surface area contributed by atoms with Gasteiger partial charge in [-0.2, -0.15) is 0 Å². The number of hydrogen-bond acceptors (Lipinski definition) is 6. The standard InChI is InChI=1S/C18H27N3O4S/c1-26(24,25)18-12-16(6-7-17(18)21(22)23)19-15-8-10-20(11-9-15)13-14-4-2-3-5-14/h6-7,12,14-15,19H,2-5,8-11,13H2,1H3. The third kappa shape index (κ3) is 4.73. The Morgan fingerprint density at radius 3 is 2.42 bits per heavy atom. The lowest BCUT2D eigenvalue weighted by Gasteiger charge is -2.34. The highest BCUT2D eigenvalue weighted by Crippen LogP contribution is 2.29. The molecule has 1 saturated heterocycles. The largest absolute Gasteiger partial charge is 0.382 e. The maximum Gasteiger partial charge on any atom is 0.288 e. The van der Waals surface area contributed by atoms with Gasteiger partial charge in [0, 0.05) is 43.7 Å². The van der Waals surface area contributed by atoms with Crippen LogP contribution in [0.2, 0.25) is 0 Å². The average molecular weight is 381 g/mol. The van der Waals surface area contributed by atoms with Crippen LogP contribution in [0, 0.1) is 16.0 Å². The van der Waals surface area contributed by atoms with Crippen LogP contribution in [-0.4, -0.2) is 50.2 Å². The van der Waals surface area contributed by atoms with Gasteiger partial charge < -0.3 is 10.2 Å². The zero-order valence-corrected chi connectivity index (χ0v) is 16.0. The van der Waals surface area contributed by atoms with Gasteiger partial charge >= 0.3 is 0 Å². The summed E-state index contributed by atoms with van der Waals surface area (Å²) in [5.74, 6) is 0.853. The van der Waals surface area contributed by atoms with Crippen molar-refractivity contribution in [2.45, 2.75) is 49.5 Å². The van der Waals surface area contributed by atoms with Gasteiger partial charge in [-0.3, -0.25) is 10.1 Å². The summed E-state index contributed by atoms with van der Waals surface area (Å²) in [6.07, 6.45) is 8.44. The molecule has 8 heteroatoms. The third-order valence-corrected chi connectivity index (χ3v) is 6.63. The van der Waals surface area contributed by atoms with Gasteiger partial charge in [0.15, 0.2) is 9.84 Å². The maximum atomic E-state index is 11.9. The fourth-order valence-corrected chi connectivity index (χ4v) is 4.97. The maximum absolute atomic E-state index is 11.9.